The van der Waals surface area contributed by atoms with Gasteiger partial charge in [0.2, 0.25) is 5.91 Å². The molecule has 2 heterocycles. The zero-order chi connectivity index (χ0) is 18.4. The summed E-state index contributed by atoms with van der Waals surface area (Å²) in [5.41, 5.74) is 2.95. The summed E-state index contributed by atoms with van der Waals surface area (Å²) < 4.78 is 6.01. The largest absolute Gasteiger partial charge is 0.486 e. The number of nitrogens with zero attached hydrogens (tertiary/aromatic N) is 2. The lowest BCUT2D eigenvalue weighted by Crippen LogP contribution is -2.39. The first-order chi connectivity index (χ1) is 13.2. The van der Waals surface area contributed by atoms with Crippen LogP contribution in [0.15, 0.2) is 43.0 Å². The molecule has 1 amide bonds. The summed E-state index contributed by atoms with van der Waals surface area (Å²) in [4.78, 5) is 20.7. The van der Waals surface area contributed by atoms with E-state index in [9.17, 15) is 4.79 Å². The molecule has 2 aromatic rings. The zero-order valence-electron chi connectivity index (χ0n) is 14.8. The Morgan fingerprint density at radius 3 is 2.78 bits per heavy atom. The maximum absolute atomic E-state index is 12.5. The molecule has 3 aliphatic rings. The summed E-state index contributed by atoms with van der Waals surface area (Å²) in [7, 11) is 0. The summed E-state index contributed by atoms with van der Waals surface area (Å²) in [6.45, 7) is 0.505. The van der Waals surface area contributed by atoms with E-state index in [1.807, 2.05) is 6.07 Å². The van der Waals surface area contributed by atoms with Crippen LogP contribution in [0.5, 0.6) is 5.75 Å². The van der Waals surface area contributed by atoms with Crippen molar-refractivity contribution in [3.05, 3.63) is 53.6 Å². The van der Waals surface area contributed by atoms with E-state index in [1.165, 1.54) is 6.33 Å². The third-order valence-electron chi connectivity index (χ3n) is 5.87. The number of benzene rings is 1. The van der Waals surface area contributed by atoms with E-state index in [0.29, 0.717) is 23.4 Å². The minimum absolute atomic E-state index is 0.0853. The van der Waals surface area contributed by atoms with Crippen LogP contribution >= 0.6 is 11.6 Å². The summed E-state index contributed by atoms with van der Waals surface area (Å²) in [6, 6.07) is 3.95. The van der Waals surface area contributed by atoms with Crippen LogP contribution in [-0.4, -0.2) is 28.5 Å². The molecule has 5 rings (SSSR count). The first-order valence-electron chi connectivity index (χ1n) is 9.38. The third kappa shape index (κ3) is 3.10. The highest BCUT2D eigenvalue weighted by molar-refractivity contribution is 6.32. The van der Waals surface area contributed by atoms with Gasteiger partial charge >= 0.3 is 0 Å². The third-order valence-corrected chi connectivity index (χ3v) is 6.15. The molecule has 2 bridgehead atoms. The Morgan fingerprint density at radius 1 is 1.19 bits per heavy atom. The zero-order valence-corrected chi connectivity index (χ0v) is 15.5. The van der Waals surface area contributed by atoms with E-state index in [0.717, 1.165) is 41.7 Å². The molecule has 4 atom stereocenters. The van der Waals surface area contributed by atoms with Crippen LogP contribution < -0.4 is 10.1 Å². The molecule has 2 aliphatic carbocycles. The number of amides is 1. The second kappa shape index (κ2) is 6.64. The molecular formula is C21H20ClN3O2. The fourth-order valence-corrected chi connectivity index (χ4v) is 4.83. The number of carbonyl (C=O) groups is 1. The smallest absolute Gasteiger partial charge is 0.223 e. The van der Waals surface area contributed by atoms with E-state index >= 15 is 0 Å². The predicted molar refractivity (Wildman–Crippen MR) is 102 cm³/mol. The molecule has 1 N–H and O–H groups in total. The Balaban J connectivity index is 1.25. The van der Waals surface area contributed by atoms with Crippen LogP contribution in [0.4, 0.5) is 0 Å². The van der Waals surface area contributed by atoms with Crippen molar-refractivity contribution < 1.29 is 9.53 Å². The molecule has 0 radical (unpaired) electrons. The van der Waals surface area contributed by atoms with E-state index in [2.05, 4.69) is 33.5 Å². The first-order valence-corrected chi connectivity index (χ1v) is 9.75. The van der Waals surface area contributed by atoms with E-state index in [4.69, 9.17) is 16.3 Å². The van der Waals surface area contributed by atoms with Crippen LogP contribution in [0.2, 0.25) is 5.02 Å². The molecule has 0 spiro atoms. The number of fused-ring (bicyclic) bond motifs is 3. The van der Waals surface area contributed by atoms with Gasteiger partial charge in [-0.2, -0.15) is 0 Å². The number of allylic oxidation sites excluding steroid dienone is 2. The minimum atomic E-state index is -0.0853. The van der Waals surface area contributed by atoms with Gasteiger partial charge in [0.25, 0.3) is 0 Å². The quantitative estimate of drug-likeness (QED) is 0.824. The second-order valence-electron chi connectivity index (χ2n) is 7.65. The fraction of sp³-hybridized carbons (Fsp3) is 0.381. The highest BCUT2D eigenvalue weighted by Crippen LogP contribution is 2.43. The highest BCUT2D eigenvalue weighted by atomic mass is 35.5. The van der Waals surface area contributed by atoms with E-state index < -0.39 is 0 Å². The number of ether oxygens (including phenoxy) is 1. The Bertz CT molecular complexity index is 915. The molecule has 138 valence electrons. The van der Waals surface area contributed by atoms with Crippen molar-refractivity contribution in [3.8, 4) is 16.9 Å². The SMILES string of the molecule is O=C(NC[C@H]1Cc2cc(-c3cncnc3)cc(Cl)c2O1)[C@H]1C[C@@H]2C=C[C@H]1C2. The van der Waals surface area contributed by atoms with Gasteiger partial charge in [-0.3, -0.25) is 4.79 Å². The van der Waals surface area contributed by atoms with Gasteiger partial charge in [0.05, 0.1) is 11.6 Å². The monoisotopic (exact) mass is 381 g/mol. The first kappa shape index (κ1) is 16.8. The van der Waals surface area contributed by atoms with Crippen molar-refractivity contribution in [1.29, 1.82) is 0 Å². The van der Waals surface area contributed by atoms with Gasteiger partial charge in [-0.05, 0) is 42.4 Å². The lowest BCUT2D eigenvalue weighted by atomic mass is 9.93. The molecule has 1 aromatic carbocycles. The van der Waals surface area contributed by atoms with Crippen molar-refractivity contribution in [1.82, 2.24) is 15.3 Å². The maximum atomic E-state index is 12.5. The van der Waals surface area contributed by atoms with Gasteiger partial charge < -0.3 is 10.1 Å². The predicted octanol–water partition coefficient (Wildman–Crippen LogP) is 3.43. The molecule has 6 heteroatoms. The second-order valence-corrected chi connectivity index (χ2v) is 8.06. The van der Waals surface area contributed by atoms with Gasteiger partial charge in [-0.15, -0.1) is 0 Å². The van der Waals surface area contributed by atoms with Crippen molar-refractivity contribution in [2.45, 2.75) is 25.4 Å². The maximum Gasteiger partial charge on any atom is 0.223 e. The summed E-state index contributed by atoms with van der Waals surface area (Å²) in [5, 5.41) is 3.67. The van der Waals surface area contributed by atoms with E-state index in [1.54, 1.807) is 12.4 Å². The molecule has 27 heavy (non-hydrogen) atoms. The molecule has 1 fully saturated rings. The topological polar surface area (TPSA) is 64.1 Å². The van der Waals surface area contributed by atoms with Crippen LogP contribution in [0, 0.1) is 17.8 Å². The molecule has 1 aliphatic heterocycles. The number of nitrogens with one attached hydrogen (secondary N) is 1. The van der Waals surface area contributed by atoms with Gasteiger partial charge in [0, 0.05) is 35.9 Å². The Hall–Kier alpha value is -2.40. The van der Waals surface area contributed by atoms with E-state index in [-0.39, 0.29) is 17.9 Å². The average Bonchev–Trinajstić information content (AvgIpc) is 3.42. The molecule has 0 unspecified atom stereocenters. The minimum Gasteiger partial charge on any atom is -0.486 e. The Kier molecular flexibility index (Phi) is 4.12. The average molecular weight is 382 g/mol. The highest BCUT2D eigenvalue weighted by Gasteiger charge is 2.40. The lowest BCUT2D eigenvalue weighted by molar-refractivity contribution is -0.126. The molecule has 1 saturated carbocycles. The van der Waals surface area contributed by atoms with Gasteiger partial charge in [-0.1, -0.05) is 23.8 Å². The van der Waals surface area contributed by atoms with Crippen LogP contribution in [-0.2, 0) is 11.2 Å². The standard InChI is InChI=1S/C21H20ClN3O2/c22-19-7-14(16-8-23-11-24-9-16)5-15-6-17(27-20(15)19)10-25-21(26)18-4-12-1-2-13(18)3-12/h1-2,5,7-9,11-13,17-18H,3-4,6,10H2,(H,25,26)/t12-,13+,17-,18+/m1/s1. The van der Waals surface area contributed by atoms with Gasteiger partial charge in [0.1, 0.15) is 18.2 Å². The number of aromatic nitrogens is 2. The normalized spacial score (nSPS) is 27.4. The van der Waals surface area contributed by atoms with Crippen molar-refractivity contribution >= 4 is 17.5 Å². The van der Waals surface area contributed by atoms with Crippen LogP contribution in [0.25, 0.3) is 11.1 Å². The number of hydrogen-bond acceptors (Lipinski definition) is 4. The lowest BCUT2D eigenvalue weighted by Gasteiger charge is -2.19. The molecule has 0 saturated heterocycles. The number of rotatable bonds is 4. The molecule has 5 nitrogen and oxygen atoms in total. The summed E-state index contributed by atoms with van der Waals surface area (Å²) in [5.74, 6) is 2.01. The van der Waals surface area contributed by atoms with Gasteiger partial charge in [0.15, 0.2) is 0 Å². The summed E-state index contributed by atoms with van der Waals surface area (Å²) in [6.07, 6.45) is 12.2. The van der Waals surface area contributed by atoms with Gasteiger partial charge in [-0.25, -0.2) is 9.97 Å². The van der Waals surface area contributed by atoms with Crippen LogP contribution in [0.3, 0.4) is 0 Å². The fourth-order valence-electron chi connectivity index (χ4n) is 4.54. The van der Waals surface area contributed by atoms with Crippen molar-refractivity contribution in [2.75, 3.05) is 6.54 Å². The number of halogens is 1. The number of hydrogen-bond donors (Lipinski definition) is 1. The number of carbonyl (C=O) groups excluding carboxylic acids is 1. The molecule has 1 aromatic heterocycles. The van der Waals surface area contributed by atoms with Crippen LogP contribution in [0.1, 0.15) is 18.4 Å². The Morgan fingerprint density at radius 2 is 2.04 bits per heavy atom. The van der Waals surface area contributed by atoms with Crippen molar-refractivity contribution in [2.24, 2.45) is 17.8 Å². The summed E-state index contributed by atoms with van der Waals surface area (Å²) >= 11 is 6.44. The van der Waals surface area contributed by atoms with Crippen molar-refractivity contribution in [3.63, 3.8) is 0 Å². The molecular weight excluding hydrogens is 362 g/mol. The Labute approximate surface area is 162 Å².